The molecule has 2 heteroatoms. The van der Waals surface area contributed by atoms with Gasteiger partial charge >= 0.3 is 0 Å². The van der Waals surface area contributed by atoms with Crippen LogP contribution >= 0.6 is 0 Å². The molecular weight excluding hydrogens is 208 g/mol. The van der Waals surface area contributed by atoms with Crippen LogP contribution in [0, 0.1) is 0 Å². The Kier molecular flexibility index (Phi) is 7.87. The zero-order valence-electron chi connectivity index (χ0n) is 12.2. The molecule has 0 bridgehead atoms. The highest BCUT2D eigenvalue weighted by Gasteiger charge is 2.18. The van der Waals surface area contributed by atoms with E-state index in [1.54, 1.807) is 0 Å². The lowest BCUT2D eigenvalue weighted by atomic mass is 10.1. The third-order valence-corrected chi connectivity index (χ3v) is 4.19. The van der Waals surface area contributed by atoms with Crippen LogP contribution in [0.3, 0.4) is 0 Å². The summed E-state index contributed by atoms with van der Waals surface area (Å²) in [6.07, 6.45) is 9.58. The molecule has 0 saturated carbocycles. The third kappa shape index (κ3) is 5.87. The van der Waals surface area contributed by atoms with Gasteiger partial charge in [0.2, 0.25) is 0 Å². The van der Waals surface area contributed by atoms with Gasteiger partial charge in [-0.25, -0.2) is 0 Å². The molecule has 1 fully saturated rings. The summed E-state index contributed by atoms with van der Waals surface area (Å²) in [6.45, 7) is 10.7. The zero-order valence-corrected chi connectivity index (χ0v) is 12.2. The Morgan fingerprint density at radius 2 is 2.00 bits per heavy atom. The molecule has 1 aliphatic heterocycles. The highest BCUT2D eigenvalue weighted by Crippen LogP contribution is 2.13. The first-order valence-electron chi connectivity index (χ1n) is 7.75. The number of unbranched alkanes of at least 4 members (excludes halogenated alkanes) is 3. The van der Waals surface area contributed by atoms with Gasteiger partial charge < -0.3 is 5.32 Å². The summed E-state index contributed by atoms with van der Waals surface area (Å²) < 4.78 is 0. The molecule has 0 spiro atoms. The second-order valence-electron chi connectivity index (χ2n) is 5.58. The molecule has 1 saturated heterocycles. The molecule has 1 aliphatic rings. The van der Waals surface area contributed by atoms with Gasteiger partial charge in [0.05, 0.1) is 0 Å². The summed E-state index contributed by atoms with van der Waals surface area (Å²) in [5.74, 6) is 0. The second kappa shape index (κ2) is 8.93. The molecular formula is C15H32N2. The average Bonchev–Trinajstić information content (AvgIpc) is 2.59. The Hall–Kier alpha value is -0.0800. The first-order chi connectivity index (χ1) is 8.27. The SMILES string of the molecule is CCCCCCC(C)N1CCNC(CC)CC1. The van der Waals surface area contributed by atoms with Crippen LogP contribution in [0.15, 0.2) is 0 Å². The topological polar surface area (TPSA) is 15.3 Å². The molecule has 0 aliphatic carbocycles. The van der Waals surface area contributed by atoms with E-state index in [1.165, 1.54) is 64.6 Å². The Morgan fingerprint density at radius 1 is 1.18 bits per heavy atom. The zero-order chi connectivity index (χ0) is 12.5. The van der Waals surface area contributed by atoms with Gasteiger partial charge in [0.25, 0.3) is 0 Å². The monoisotopic (exact) mass is 240 g/mol. The molecule has 0 aromatic carbocycles. The van der Waals surface area contributed by atoms with E-state index in [-0.39, 0.29) is 0 Å². The minimum Gasteiger partial charge on any atom is -0.313 e. The van der Waals surface area contributed by atoms with Gasteiger partial charge in [-0.3, -0.25) is 4.90 Å². The third-order valence-electron chi connectivity index (χ3n) is 4.19. The predicted octanol–water partition coefficient (Wildman–Crippen LogP) is 3.42. The smallest absolute Gasteiger partial charge is 0.0110 e. The Morgan fingerprint density at radius 3 is 2.71 bits per heavy atom. The van der Waals surface area contributed by atoms with E-state index in [0.29, 0.717) is 0 Å². The molecule has 2 atom stereocenters. The van der Waals surface area contributed by atoms with E-state index in [2.05, 4.69) is 31.0 Å². The summed E-state index contributed by atoms with van der Waals surface area (Å²) >= 11 is 0. The van der Waals surface area contributed by atoms with Crippen molar-refractivity contribution >= 4 is 0 Å². The summed E-state index contributed by atoms with van der Waals surface area (Å²) in [4.78, 5) is 2.69. The van der Waals surface area contributed by atoms with E-state index < -0.39 is 0 Å². The van der Waals surface area contributed by atoms with Crippen LogP contribution in [0.25, 0.3) is 0 Å². The van der Waals surface area contributed by atoms with Gasteiger partial charge in [0.1, 0.15) is 0 Å². The van der Waals surface area contributed by atoms with E-state index in [1.807, 2.05) is 0 Å². The fourth-order valence-electron chi connectivity index (χ4n) is 2.79. The van der Waals surface area contributed by atoms with Crippen molar-refractivity contribution in [1.82, 2.24) is 10.2 Å². The van der Waals surface area contributed by atoms with Gasteiger partial charge in [-0.15, -0.1) is 0 Å². The van der Waals surface area contributed by atoms with Crippen molar-refractivity contribution < 1.29 is 0 Å². The van der Waals surface area contributed by atoms with Crippen LogP contribution in [-0.4, -0.2) is 36.6 Å². The van der Waals surface area contributed by atoms with Crippen LogP contribution in [0.4, 0.5) is 0 Å². The number of hydrogen-bond donors (Lipinski definition) is 1. The number of nitrogens with one attached hydrogen (secondary N) is 1. The van der Waals surface area contributed by atoms with Crippen molar-refractivity contribution in [2.24, 2.45) is 0 Å². The molecule has 2 unspecified atom stereocenters. The predicted molar refractivity (Wildman–Crippen MR) is 76.5 cm³/mol. The van der Waals surface area contributed by atoms with Crippen molar-refractivity contribution in [2.75, 3.05) is 19.6 Å². The van der Waals surface area contributed by atoms with Crippen molar-refractivity contribution in [1.29, 1.82) is 0 Å². The molecule has 1 heterocycles. The average molecular weight is 240 g/mol. The maximum atomic E-state index is 3.65. The molecule has 0 radical (unpaired) electrons. The summed E-state index contributed by atoms with van der Waals surface area (Å²) in [6, 6.07) is 1.54. The lowest BCUT2D eigenvalue weighted by molar-refractivity contribution is 0.207. The molecule has 2 nitrogen and oxygen atoms in total. The fourth-order valence-corrected chi connectivity index (χ4v) is 2.79. The highest BCUT2D eigenvalue weighted by atomic mass is 15.2. The van der Waals surface area contributed by atoms with Crippen molar-refractivity contribution in [2.45, 2.75) is 77.8 Å². The minimum absolute atomic E-state index is 0.757. The van der Waals surface area contributed by atoms with Crippen LogP contribution in [0.2, 0.25) is 0 Å². The van der Waals surface area contributed by atoms with E-state index >= 15 is 0 Å². The van der Waals surface area contributed by atoms with Crippen LogP contribution in [0.1, 0.15) is 65.7 Å². The maximum Gasteiger partial charge on any atom is 0.0110 e. The van der Waals surface area contributed by atoms with Gasteiger partial charge in [0.15, 0.2) is 0 Å². The van der Waals surface area contributed by atoms with Gasteiger partial charge in [0, 0.05) is 25.2 Å². The molecule has 0 amide bonds. The summed E-state index contributed by atoms with van der Waals surface area (Å²) in [7, 11) is 0. The minimum atomic E-state index is 0.757. The fraction of sp³-hybridized carbons (Fsp3) is 1.00. The molecule has 102 valence electrons. The summed E-state index contributed by atoms with van der Waals surface area (Å²) in [5.41, 5.74) is 0. The van der Waals surface area contributed by atoms with Crippen LogP contribution in [0.5, 0.6) is 0 Å². The van der Waals surface area contributed by atoms with E-state index in [9.17, 15) is 0 Å². The Bertz CT molecular complexity index is 182. The summed E-state index contributed by atoms with van der Waals surface area (Å²) in [5, 5.41) is 3.65. The van der Waals surface area contributed by atoms with E-state index in [4.69, 9.17) is 0 Å². The molecule has 1 rings (SSSR count). The second-order valence-corrected chi connectivity index (χ2v) is 5.58. The van der Waals surface area contributed by atoms with Crippen molar-refractivity contribution in [3.8, 4) is 0 Å². The first kappa shape index (κ1) is 15.0. The van der Waals surface area contributed by atoms with Gasteiger partial charge in [-0.1, -0.05) is 39.5 Å². The molecule has 0 aromatic rings. The highest BCUT2D eigenvalue weighted by molar-refractivity contribution is 4.77. The standard InChI is InChI=1S/C15H32N2/c1-4-6-7-8-9-14(3)17-12-10-15(5-2)16-11-13-17/h14-16H,4-13H2,1-3H3. The number of hydrogen-bond acceptors (Lipinski definition) is 2. The van der Waals surface area contributed by atoms with Gasteiger partial charge in [-0.05, 0) is 32.7 Å². The number of rotatable bonds is 7. The largest absolute Gasteiger partial charge is 0.313 e. The van der Waals surface area contributed by atoms with Crippen molar-refractivity contribution in [3.63, 3.8) is 0 Å². The van der Waals surface area contributed by atoms with Crippen LogP contribution in [-0.2, 0) is 0 Å². The van der Waals surface area contributed by atoms with E-state index in [0.717, 1.165) is 12.1 Å². The van der Waals surface area contributed by atoms with Crippen LogP contribution < -0.4 is 5.32 Å². The quantitative estimate of drug-likeness (QED) is 0.686. The van der Waals surface area contributed by atoms with Gasteiger partial charge in [-0.2, -0.15) is 0 Å². The van der Waals surface area contributed by atoms with Crippen molar-refractivity contribution in [3.05, 3.63) is 0 Å². The first-order valence-corrected chi connectivity index (χ1v) is 7.75. The Labute approximate surface area is 108 Å². The maximum absolute atomic E-state index is 3.65. The number of nitrogens with zero attached hydrogens (tertiary/aromatic N) is 1. The molecule has 1 N–H and O–H groups in total. The normalized spacial score (nSPS) is 24.5. The molecule has 0 aromatic heterocycles. The Balaban J connectivity index is 2.19. The molecule has 17 heavy (non-hydrogen) atoms. The lowest BCUT2D eigenvalue weighted by Crippen LogP contribution is -2.36. The lowest BCUT2D eigenvalue weighted by Gasteiger charge is -2.27.